The number of thioether (sulfide) groups is 1. The van der Waals surface area contributed by atoms with E-state index in [1.165, 1.54) is 11.8 Å². The quantitative estimate of drug-likeness (QED) is 0.406. The number of rotatable bonds is 5. The average Bonchev–Trinajstić information content (AvgIpc) is 3.08. The van der Waals surface area contributed by atoms with Gasteiger partial charge in [0, 0.05) is 0 Å². The van der Waals surface area contributed by atoms with E-state index in [9.17, 15) is 9.90 Å². The molecule has 0 radical (unpaired) electrons. The number of carbonyl (C=O) groups is 1. The predicted octanol–water partition coefficient (Wildman–Crippen LogP) is 6.87. The molecule has 0 aromatic heterocycles. The maximum Gasteiger partial charge on any atom is 0.271 e. The largest absolute Gasteiger partial charge is 0.503 e. The fraction of sp³-hybridized carbons (Fsp3) is 0.154. The van der Waals surface area contributed by atoms with Crippen LogP contribution in [-0.2, 0) is 4.79 Å². The maximum absolute atomic E-state index is 13.5. The summed E-state index contributed by atoms with van der Waals surface area (Å²) in [6, 6.07) is 18.8. The van der Waals surface area contributed by atoms with Crippen LogP contribution in [0.1, 0.15) is 23.6 Å². The Morgan fingerprint density at radius 1 is 1.06 bits per heavy atom. The van der Waals surface area contributed by atoms with Gasteiger partial charge in [-0.2, -0.15) is 0 Å². The predicted molar refractivity (Wildman–Crippen MR) is 137 cm³/mol. The van der Waals surface area contributed by atoms with Crippen molar-refractivity contribution in [2.45, 2.75) is 20.8 Å². The van der Waals surface area contributed by atoms with Gasteiger partial charge in [-0.05, 0) is 80.6 Å². The number of aryl methyl sites for hydroxylation is 2. The number of hydrogen-bond donors (Lipinski definition) is 1. The molecule has 0 unspecified atom stereocenters. The third-order valence-electron chi connectivity index (χ3n) is 5.01. The minimum atomic E-state index is -0.183. The molecule has 3 aromatic rings. The Labute approximate surface area is 202 Å². The van der Waals surface area contributed by atoms with Crippen LogP contribution in [-0.4, -0.2) is 22.8 Å². The minimum Gasteiger partial charge on any atom is -0.503 e. The number of amides is 1. The van der Waals surface area contributed by atoms with Crippen LogP contribution in [0, 0.1) is 13.8 Å². The van der Waals surface area contributed by atoms with Crippen molar-refractivity contribution in [3.05, 3.63) is 87.3 Å². The Bertz CT molecular complexity index is 1250. The van der Waals surface area contributed by atoms with E-state index < -0.39 is 0 Å². The van der Waals surface area contributed by atoms with Crippen LogP contribution in [0.25, 0.3) is 6.08 Å². The van der Waals surface area contributed by atoms with Gasteiger partial charge in [0.1, 0.15) is 0 Å². The first-order valence-electron chi connectivity index (χ1n) is 10.5. The van der Waals surface area contributed by atoms with Gasteiger partial charge in [0.05, 0.1) is 27.9 Å². The van der Waals surface area contributed by atoms with E-state index in [-0.39, 0.29) is 22.4 Å². The third-order valence-corrected chi connectivity index (χ3v) is 6.26. The Morgan fingerprint density at radius 2 is 1.70 bits per heavy atom. The maximum atomic E-state index is 13.5. The lowest BCUT2D eigenvalue weighted by molar-refractivity contribution is -0.113. The number of phenolic OH excluding ortho intramolecular Hbond substituents is 1. The van der Waals surface area contributed by atoms with Crippen LogP contribution in [0.5, 0.6) is 11.5 Å². The Balaban J connectivity index is 1.77. The molecule has 0 atom stereocenters. The number of hydrogen-bond acceptors (Lipinski definition) is 5. The fourth-order valence-corrected chi connectivity index (χ4v) is 4.51. The van der Waals surface area contributed by atoms with Crippen LogP contribution in [0.3, 0.4) is 0 Å². The lowest BCUT2D eigenvalue weighted by Gasteiger charge is -2.16. The van der Waals surface area contributed by atoms with Crippen molar-refractivity contribution in [3.8, 4) is 11.5 Å². The summed E-state index contributed by atoms with van der Waals surface area (Å²) in [4.78, 5) is 20.3. The smallest absolute Gasteiger partial charge is 0.271 e. The van der Waals surface area contributed by atoms with Gasteiger partial charge in [0.25, 0.3) is 5.91 Å². The topological polar surface area (TPSA) is 62.1 Å². The van der Waals surface area contributed by atoms with Gasteiger partial charge < -0.3 is 9.84 Å². The Kier molecular flexibility index (Phi) is 6.77. The van der Waals surface area contributed by atoms with Crippen molar-refractivity contribution in [1.29, 1.82) is 0 Å². The van der Waals surface area contributed by atoms with E-state index in [1.807, 2.05) is 69.3 Å². The van der Waals surface area contributed by atoms with Crippen LogP contribution in [0.2, 0.25) is 5.02 Å². The second-order valence-electron chi connectivity index (χ2n) is 7.60. The molecule has 0 spiro atoms. The zero-order valence-electron chi connectivity index (χ0n) is 18.5. The summed E-state index contributed by atoms with van der Waals surface area (Å²) in [5.41, 5.74) is 4.40. The summed E-state index contributed by atoms with van der Waals surface area (Å²) in [6.07, 6.45) is 1.74. The van der Waals surface area contributed by atoms with Crippen molar-refractivity contribution in [2.75, 3.05) is 11.5 Å². The van der Waals surface area contributed by atoms with E-state index in [4.69, 9.17) is 21.3 Å². The van der Waals surface area contributed by atoms with E-state index >= 15 is 0 Å². The molecule has 3 aromatic carbocycles. The number of nitrogens with zero attached hydrogens (tertiary/aromatic N) is 2. The summed E-state index contributed by atoms with van der Waals surface area (Å²) in [5.74, 6) is -0.0259. The molecule has 0 saturated carbocycles. The molecule has 0 bridgehead atoms. The van der Waals surface area contributed by atoms with Crippen LogP contribution in [0.4, 0.5) is 11.4 Å². The van der Waals surface area contributed by atoms with Gasteiger partial charge in [0.15, 0.2) is 16.7 Å². The lowest BCUT2D eigenvalue weighted by atomic mass is 10.1. The first-order chi connectivity index (χ1) is 15.9. The van der Waals surface area contributed by atoms with Crippen molar-refractivity contribution in [1.82, 2.24) is 0 Å². The van der Waals surface area contributed by atoms with Gasteiger partial charge in [0.2, 0.25) is 0 Å². The number of amidine groups is 1. The summed E-state index contributed by atoms with van der Waals surface area (Å²) < 4.78 is 5.47. The number of phenols is 1. The molecule has 1 amide bonds. The zero-order chi connectivity index (χ0) is 23.5. The summed E-state index contributed by atoms with van der Waals surface area (Å²) in [5, 5.41) is 10.9. The number of anilines is 1. The number of benzene rings is 3. The Morgan fingerprint density at radius 3 is 2.33 bits per heavy atom. The van der Waals surface area contributed by atoms with E-state index in [2.05, 4.69) is 0 Å². The highest BCUT2D eigenvalue weighted by molar-refractivity contribution is 8.19. The molecule has 33 heavy (non-hydrogen) atoms. The zero-order valence-corrected chi connectivity index (χ0v) is 20.1. The molecule has 1 aliphatic heterocycles. The van der Waals surface area contributed by atoms with E-state index in [1.54, 1.807) is 23.1 Å². The molecule has 1 saturated heterocycles. The summed E-state index contributed by atoms with van der Waals surface area (Å²) in [6.45, 7) is 6.22. The molecule has 1 N–H and O–H groups in total. The van der Waals surface area contributed by atoms with Gasteiger partial charge in [-0.25, -0.2) is 4.99 Å². The van der Waals surface area contributed by atoms with E-state index in [0.717, 1.165) is 22.5 Å². The van der Waals surface area contributed by atoms with Crippen molar-refractivity contribution < 1.29 is 14.6 Å². The van der Waals surface area contributed by atoms with Crippen LogP contribution < -0.4 is 9.64 Å². The van der Waals surface area contributed by atoms with Crippen LogP contribution >= 0.6 is 23.4 Å². The molecular formula is C26H23ClN2O3S. The van der Waals surface area contributed by atoms with Gasteiger partial charge in [-0.3, -0.25) is 9.69 Å². The van der Waals surface area contributed by atoms with Gasteiger partial charge in [-0.15, -0.1) is 0 Å². The van der Waals surface area contributed by atoms with Crippen molar-refractivity contribution >= 4 is 51.9 Å². The summed E-state index contributed by atoms with van der Waals surface area (Å²) in [7, 11) is 0. The first-order valence-corrected chi connectivity index (χ1v) is 11.7. The molecule has 4 rings (SSSR count). The standard InChI is InChI=1S/C26H23ClN2O3S/c1-4-32-22-14-18(13-21(27)24(22)30)15-23-25(31)29(20-11-7-17(3)8-12-20)26(33-23)28-19-9-5-16(2)6-10-19/h5-15,30H,4H2,1-3H3/b23-15-,28-26?. The highest BCUT2D eigenvalue weighted by Gasteiger charge is 2.34. The second kappa shape index (κ2) is 9.73. The highest BCUT2D eigenvalue weighted by atomic mass is 35.5. The second-order valence-corrected chi connectivity index (χ2v) is 9.02. The van der Waals surface area contributed by atoms with Crippen LogP contribution in [0.15, 0.2) is 70.6 Å². The average molecular weight is 479 g/mol. The molecular weight excluding hydrogens is 456 g/mol. The molecule has 168 valence electrons. The molecule has 1 heterocycles. The number of aliphatic imine (C=N–C) groups is 1. The van der Waals surface area contributed by atoms with E-state index in [0.29, 0.717) is 22.2 Å². The highest BCUT2D eigenvalue weighted by Crippen LogP contribution is 2.40. The molecule has 7 heteroatoms. The summed E-state index contributed by atoms with van der Waals surface area (Å²) >= 11 is 7.47. The minimum absolute atomic E-state index is 0.117. The number of aromatic hydroxyl groups is 1. The lowest BCUT2D eigenvalue weighted by Crippen LogP contribution is -2.28. The number of ether oxygens (including phenoxy) is 1. The number of halogens is 1. The fourth-order valence-electron chi connectivity index (χ4n) is 3.29. The van der Waals surface area contributed by atoms with Gasteiger partial charge >= 0.3 is 0 Å². The number of carbonyl (C=O) groups excluding carboxylic acids is 1. The molecule has 5 nitrogen and oxygen atoms in total. The third kappa shape index (κ3) is 5.07. The molecule has 1 aliphatic rings. The Hall–Kier alpha value is -3.22. The van der Waals surface area contributed by atoms with Crippen molar-refractivity contribution in [2.24, 2.45) is 4.99 Å². The monoisotopic (exact) mass is 478 g/mol. The first kappa shape index (κ1) is 23.0. The normalized spacial score (nSPS) is 16.1. The SMILES string of the molecule is CCOc1cc(/C=C2\SC(=Nc3ccc(C)cc3)N(c3ccc(C)cc3)C2=O)cc(Cl)c1O. The van der Waals surface area contributed by atoms with Crippen molar-refractivity contribution in [3.63, 3.8) is 0 Å². The molecule has 1 fully saturated rings. The van der Waals surface area contributed by atoms with Gasteiger partial charge in [-0.1, -0.05) is 47.0 Å². The molecule has 0 aliphatic carbocycles.